The van der Waals surface area contributed by atoms with E-state index in [1.165, 1.54) is 17.7 Å². The summed E-state index contributed by atoms with van der Waals surface area (Å²) >= 11 is 0. The Kier molecular flexibility index (Phi) is 12.0. The van der Waals surface area contributed by atoms with Gasteiger partial charge in [0.25, 0.3) is 11.8 Å². The number of nitrogens with one attached hydrogen (secondary N) is 2. The van der Waals surface area contributed by atoms with Crippen LogP contribution in [0.25, 0.3) is 0 Å². The lowest BCUT2D eigenvalue weighted by Gasteiger charge is -2.35. The summed E-state index contributed by atoms with van der Waals surface area (Å²) in [4.78, 5) is 28.9. The molecule has 1 fully saturated rings. The second kappa shape index (κ2) is 15.9. The number of nitrogens with zero attached hydrogens (tertiary/aromatic N) is 1. The molecule has 1 heterocycles. The Morgan fingerprint density at radius 3 is 2.43 bits per heavy atom. The number of carbonyl (C=O) groups excluding carboxylic acids is 2. The second-order valence-electron chi connectivity index (χ2n) is 11.7. The summed E-state index contributed by atoms with van der Waals surface area (Å²) in [6.45, 7) is 5.08. The highest BCUT2D eigenvalue weighted by Gasteiger charge is 2.28. The molecular formula is C35H43F2N3O4. The average molecular weight is 608 g/mol. The lowest BCUT2D eigenvalue weighted by Crippen LogP contribution is -2.48. The Labute approximate surface area is 258 Å². The van der Waals surface area contributed by atoms with Gasteiger partial charge in [0.05, 0.1) is 12.1 Å². The van der Waals surface area contributed by atoms with Crippen molar-refractivity contribution in [1.29, 1.82) is 0 Å². The summed E-state index contributed by atoms with van der Waals surface area (Å²) in [5.74, 6) is -2.19. The fourth-order valence-corrected chi connectivity index (χ4v) is 5.90. The lowest BCUT2D eigenvalue weighted by molar-refractivity contribution is 0.0574. The minimum absolute atomic E-state index is 0.00513. The molecule has 4 N–H and O–H groups in total. The van der Waals surface area contributed by atoms with E-state index >= 15 is 0 Å². The first kappa shape index (κ1) is 33.2. The van der Waals surface area contributed by atoms with Crippen molar-refractivity contribution >= 4 is 11.8 Å². The smallest absolute Gasteiger partial charge is 0.254 e. The van der Waals surface area contributed by atoms with Crippen LogP contribution in [-0.2, 0) is 19.4 Å². The fraction of sp³-hybridized carbons (Fsp3) is 0.429. The topological polar surface area (TPSA) is 102 Å². The van der Waals surface area contributed by atoms with Gasteiger partial charge in [0, 0.05) is 49.5 Å². The number of likely N-dealkylation sites (tertiary alicyclic amines) is 1. The number of benzene rings is 3. The largest absolute Gasteiger partial charge is 0.396 e. The van der Waals surface area contributed by atoms with Crippen molar-refractivity contribution in [3.63, 3.8) is 0 Å². The molecule has 7 nitrogen and oxygen atoms in total. The SMILES string of the molecule is CCc1cccc(CNC[C@H](O)[C@H](Cc2cc(F)cc(F)c2)NC(=O)c2cc(C)cc(C(=O)N3CCCCC3CCO)c2)c1. The molecule has 0 aliphatic carbocycles. The number of amides is 2. The van der Waals surface area contributed by atoms with Crippen LogP contribution in [0.3, 0.4) is 0 Å². The van der Waals surface area contributed by atoms with Crippen molar-refractivity contribution in [3.05, 3.63) is 106 Å². The summed E-state index contributed by atoms with van der Waals surface area (Å²) in [5, 5.41) is 26.8. The number of aryl methyl sites for hydroxylation is 2. The van der Waals surface area contributed by atoms with E-state index in [2.05, 4.69) is 23.6 Å². The normalized spacial score (nSPS) is 16.4. The van der Waals surface area contributed by atoms with Crippen LogP contribution < -0.4 is 10.6 Å². The minimum Gasteiger partial charge on any atom is -0.396 e. The number of carbonyl (C=O) groups is 2. The van der Waals surface area contributed by atoms with Crippen molar-refractivity contribution < 1.29 is 28.6 Å². The summed E-state index contributed by atoms with van der Waals surface area (Å²) < 4.78 is 28.0. The number of piperidine rings is 1. The van der Waals surface area contributed by atoms with E-state index in [-0.39, 0.29) is 37.1 Å². The maximum Gasteiger partial charge on any atom is 0.254 e. The van der Waals surface area contributed by atoms with Crippen LogP contribution in [-0.4, -0.2) is 64.8 Å². The molecule has 2 amide bonds. The highest BCUT2D eigenvalue weighted by molar-refractivity contribution is 6.00. The van der Waals surface area contributed by atoms with Gasteiger partial charge in [0.2, 0.25) is 0 Å². The standard InChI is InChI=1S/C35H43F2N3O4/c1-3-24-7-6-8-25(15-24)21-38-22-33(42)32(18-26-16-29(36)20-30(37)17-26)39-34(43)27-13-23(2)14-28(19-27)35(44)40-11-5-4-9-31(40)10-12-41/h6-8,13-17,19-20,31-33,38,41-42H,3-5,9-12,18,21-22H2,1-2H3,(H,39,43)/t31?,32-,33-/m0/s1. The number of halogens is 2. The first-order valence-corrected chi connectivity index (χ1v) is 15.4. The van der Waals surface area contributed by atoms with Crippen LogP contribution in [0.15, 0.2) is 60.7 Å². The van der Waals surface area contributed by atoms with E-state index in [0.29, 0.717) is 30.6 Å². The molecule has 0 bridgehead atoms. The molecule has 44 heavy (non-hydrogen) atoms. The average Bonchev–Trinajstić information content (AvgIpc) is 3.00. The molecule has 1 unspecified atom stereocenters. The van der Waals surface area contributed by atoms with E-state index < -0.39 is 29.7 Å². The highest BCUT2D eigenvalue weighted by atomic mass is 19.1. The third-order valence-corrected chi connectivity index (χ3v) is 8.18. The van der Waals surface area contributed by atoms with Gasteiger partial charge in [0.15, 0.2) is 0 Å². The van der Waals surface area contributed by atoms with Gasteiger partial charge in [0.1, 0.15) is 11.6 Å². The van der Waals surface area contributed by atoms with Crippen molar-refractivity contribution in [2.45, 2.75) is 77.1 Å². The number of aliphatic hydroxyl groups excluding tert-OH is 2. The molecule has 3 aromatic rings. The number of hydrogen-bond acceptors (Lipinski definition) is 5. The first-order valence-electron chi connectivity index (χ1n) is 15.4. The van der Waals surface area contributed by atoms with E-state index in [1.54, 1.807) is 30.0 Å². The van der Waals surface area contributed by atoms with Crippen LogP contribution in [0.4, 0.5) is 8.78 Å². The first-order chi connectivity index (χ1) is 21.2. The van der Waals surface area contributed by atoms with Gasteiger partial charge >= 0.3 is 0 Å². The van der Waals surface area contributed by atoms with Gasteiger partial charge in [-0.25, -0.2) is 8.78 Å². The number of rotatable bonds is 13. The molecule has 1 aliphatic rings. The summed E-state index contributed by atoms with van der Waals surface area (Å²) in [5.41, 5.74) is 3.88. The molecule has 0 radical (unpaired) electrons. The molecule has 3 atom stereocenters. The second-order valence-corrected chi connectivity index (χ2v) is 11.7. The van der Waals surface area contributed by atoms with Crippen molar-refractivity contribution in [2.24, 2.45) is 0 Å². The van der Waals surface area contributed by atoms with E-state index in [9.17, 15) is 28.6 Å². The molecule has 1 saturated heterocycles. The maximum absolute atomic E-state index is 14.0. The fourth-order valence-electron chi connectivity index (χ4n) is 5.90. The van der Waals surface area contributed by atoms with Crippen LogP contribution in [0.1, 0.15) is 75.6 Å². The molecule has 0 spiro atoms. The third-order valence-electron chi connectivity index (χ3n) is 8.18. The van der Waals surface area contributed by atoms with Crippen LogP contribution in [0, 0.1) is 18.6 Å². The summed E-state index contributed by atoms with van der Waals surface area (Å²) in [7, 11) is 0. The van der Waals surface area contributed by atoms with Gasteiger partial charge in [-0.3, -0.25) is 9.59 Å². The zero-order valence-corrected chi connectivity index (χ0v) is 25.5. The Hall–Kier alpha value is -3.66. The summed E-state index contributed by atoms with van der Waals surface area (Å²) in [6, 6.07) is 15.3. The predicted octanol–water partition coefficient (Wildman–Crippen LogP) is 4.70. The van der Waals surface area contributed by atoms with Crippen LogP contribution in [0.2, 0.25) is 0 Å². The van der Waals surface area contributed by atoms with Gasteiger partial charge in [-0.2, -0.15) is 0 Å². The maximum atomic E-state index is 14.0. The third kappa shape index (κ3) is 9.17. The molecule has 0 saturated carbocycles. The Morgan fingerprint density at radius 1 is 0.977 bits per heavy atom. The lowest BCUT2D eigenvalue weighted by atomic mass is 9.97. The molecule has 9 heteroatoms. The van der Waals surface area contributed by atoms with E-state index in [0.717, 1.165) is 42.9 Å². The van der Waals surface area contributed by atoms with Crippen LogP contribution in [0.5, 0.6) is 0 Å². The molecular weight excluding hydrogens is 564 g/mol. The Balaban J connectivity index is 1.51. The monoisotopic (exact) mass is 607 g/mol. The molecule has 236 valence electrons. The Bertz CT molecular complexity index is 1410. The van der Waals surface area contributed by atoms with E-state index in [1.807, 2.05) is 18.2 Å². The van der Waals surface area contributed by atoms with Gasteiger partial charge in [-0.1, -0.05) is 31.2 Å². The Morgan fingerprint density at radius 2 is 1.70 bits per heavy atom. The molecule has 0 aromatic heterocycles. The van der Waals surface area contributed by atoms with Gasteiger partial charge in [-0.05, 0) is 98.0 Å². The molecule has 1 aliphatic heterocycles. The van der Waals surface area contributed by atoms with E-state index in [4.69, 9.17) is 0 Å². The minimum atomic E-state index is -1.09. The van der Waals surface area contributed by atoms with Gasteiger partial charge in [-0.15, -0.1) is 0 Å². The summed E-state index contributed by atoms with van der Waals surface area (Å²) in [6.07, 6.45) is 3.01. The zero-order valence-electron chi connectivity index (χ0n) is 25.5. The van der Waals surface area contributed by atoms with Crippen molar-refractivity contribution in [1.82, 2.24) is 15.5 Å². The van der Waals surface area contributed by atoms with Crippen molar-refractivity contribution in [2.75, 3.05) is 19.7 Å². The molecule has 4 rings (SSSR count). The highest BCUT2D eigenvalue weighted by Crippen LogP contribution is 2.23. The van der Waals surface area contributed by atoms with Crippen LogP contribution >= 0.6 is 0 Å². The number of aliphatic hydroxyl groups is 2. The zero-order chi connectivity index (χ0) is 31.6. The quantitative estimate of drug-likeness (QED) is 0.226. The predicted molar refractivity (Wildman–Crippen MR) is 166 cm³/mol. The number of hydrogen-bond donors (Lipinski definition) is 4. The van der Waals surface area contributed by atoms with Crippen molar-refractivity contribution in [3.8, 4) is 0 Å². The van der Waals surface area contributed by atoms with Gasteiger partial charge < -0.3 is 25.7 Å². The molecule has 3 aromatic carbocycles.